The molecule has 0 aromatic carbocycles. The van der Waals surface area contributed by atoms with E-state index in [0.717, 1.165) is 12.8 Å². The second-order valence-corrected chi connectivity index (χ2v) is 4.05. The van der Waals surface area contributed by atoms with Gasteiger partial charge in [0.1, 0.15) is 6.61 Å². The van der Waals surface area contributed by atoms with Crippen molar-refractivity contribution >= 4 is 12.0 Å². The van der Waals surface area contributed by atoms with Gasteiger partial charge in [0.2, 0.25) is 5.91 Å². The first kappa shape index (κ1) is 13.5. The molecule has 0 unspecified atom stereocenters. The minimum absolute atomic E-state index is 0.0673. The summed E-state index contributed by atoms with van der Waals surface area (Å²) in [5, 5.41) is 2.94. The molecule has 5 heteroatoms. The van der Waals surface area contributed by atoms with Crippen LogP contribution in [-0.2, 0) is 9.53 Å². The first-order valence-corrected chi connectivity index (χ1v) is 5.99. The number of hydrogen-bond donors (Lipinski definition) is 1. The molecule has 0 atom stereocenters. The van der Waals surface area contributed by atoms with Gasteiger partial charge in [-0.15, -0.1) is 0 Å². The van der Waals surface area contributed by atoms with Gasteiger partial charge in [-0.05, 0) is 12.8 Å². The highest BCUT2D eigenvalue weighted by Crippen LogP contribution is 2.11. The van der Waals surface area contributed by atoms with E-state index in [-0.39, 0.29) is 24.6 Å². The van der Waals surface area contributed by atoms with Gasteiger partial charge in [0, 0.05) is 25.6 Å². The number of rotatable bonds is 4. The molecular weight excluding hydrogens is 220 g/mol. The van der Waals surface area contributed by atoms with Crippen LogP contribution in [0.4, 0.5) is 4.79 Å². The van der Waals surface area contributed by atoms with Crippen molar-refractivity contribution in [3.8, 4) is 0 Å². The Balaban J connectivity index is 2.27. The predicted molar refractivity (Wildman–Crippen MR) is 64.6 cm³/mol. The zero-order chi connectivity index (χ0) is 12.7. The Morgan fingerprint density at radius 1 is 1.47 bits per heavy atom. The van der Waals surface area contributed by atoms with E-state index in [0.29, 0.717) is 19.5 Å². The van der Waals surface area contributed by atoms with Crippen LogP contribution in [0.2, 0.25) is 0 Å². The quantitative estimate of drug-likeness (QED) is 0.753. The van der Waals surface area contributed by atoms with Gasteiger partial charge >= 0.3 is 6.09 Å². The molecule has 96 valence electrons. The van der Waals surface area contributed by atoms with Crippen LogP contribution in [0.3, 0.4) is 0 Å². The Bertz CT molecular complexity index is 283. The molecule has 1 saturated heterocycles. The van der Waals surface area contributed by atoms with Gasteiger partial charge in [-0.2, -0.15) is 0 Å². The number of amides is 2. The number of carbonyl (C=O) groups is 2. The van der Waals surface area contributed by atoms with Gasteiger partial charge in [-0.3, -0.25) is 4.79 Å². The van der Waals surface area contributed by atoms with Gasteiger partial charge < -0.3 is 15.0 Å². The summed E-state index contributed by atoms with van der Waals surface area (Å²) in [4.78, 5) is 24.4. The van der Waals surface area contributed by atoms with Crippen molar-refractivity contribution in [2.45, 2.75) is 32.2 Å². The summed E-state index contributed by atoms with van der Waals surface area (Å²) >= 11 is 0. The number of nitrogens with zero attached hydrogens (tertiary/aromatic N) is 1. The SMILES string of the molecule is C=CCOC(=O)N1CCC(NC(=O)CC)CC1. The maximum atomic E-state index is 11.5. The van der Waals surface area contributed by atoms with Crippen molar-refractivity contribution in [3.63, 3.8) is 0 Å². The molecule has 1 rings (SSSR count). The van der Waals surface area contributed by atoms with E-state index < -0.39 is 0 Å². The molecule has 0 aromatic heterocycles. The maximum Gasteiger partial charge on any atom is 0.410 e. The molecule has 1 aliphatic heterocycles. The molecular formula is C12H20N2O3. The highest BCUT2D eigenvalue weighted by molar-refractivity contribution is 5.75. The summed E-state index contributed by atoms with van der Waals surface area (Å²) in [5.74, 6) is 0.0673. The third kappa shape index (κ3) is 4.46. The van der Waals surface area contributed by atoms with E-state index in [1.165, 1.54) is 0 Å². The van der Waals surface area contributed by atoms with Crippen molar-refractivity contribution in [2.75, 3.05) is 19.7 Å². The summed E-state index contributed by atoms with van der Waals surface area (Å²) < 4.78 is 4.95. The molecule has 0 spiro atoms. The summed E-state index contributed by atoms with van der Waals surface area (Å²) in [7, 11) is 0. The third-order valence-corrected chi connectivity index (χ3v) is 2.76. The van der Waals surface area contributed by atoms with Crippen LogP contribution in [0.25, 0.3) is 0 Å². The van der Waals surface area contributed by atoms with Gasteiger partial charge in [0.25, 0.3) is 0 Å². The van der Waals surface area contributed by atoms with Crippen LogP contribution in [0, 0.1) is 0 Å². The van der Waals surface area contributed by atoms with E-state index in [1.54, 1.807) is 11.0 Å². The van der Waals surface area contributed by atoms with Crippen LogP contribution < -0.4 is 5.32 Å². The molecule has 1 N–H and O–H groups in total. The molecule has 5 nitrogen and oxygen atoms in total. The smallest absolute Gasteiger partial charge is 0.410 e. The minimum atomic E-state index is -0.301. The van der Waals surface area contributed by atoms with Crippen LogP contribution in [0.1, 0.15) is 26.2 Å². The van der Waals surface area contributed by atoms with Crippen molar-refractivity contribution < 1.29 is 14.3 Å². The second kappa shape index (κ2) is 6.93. The largest absolute Gasteiger partial charge is 0.445 e. The number of carbonyl (C=O) groups excluding carboxylic acids is 2. The zero-order valence-corrected chi connectivity index (χ0v) is 10.3. The van der Waals surface area contributed by atoms with Crippen LogP contribution in [0.5, 0.6) is 0 Å². The molecule has 0 aliphatic carbocycles. The molecule has 1 heterocycles. The summed E-state index contributed by atoms with van der Waals surface area (Å²) in [6.07, 6.45) is 3.32. The van der Waals surface area contributed by atoms with Crippen molar-refractivity contribution in [3.05, 3.63) is 12.7 Å². The third-order valence-electron chi connectivity index (χ3n) is 2.76. The molecule has 1 aliphatic rings. The molecule has 0 saturated carbocycles. The fraction of sp³-hybridized carbons (Fsp3) is 0.667. The number of likely N-dealkylation sites (tertiary alicyclic amines) is 1. The van der Waals surface area contributed by atoms with Crippen molar-refractivity contribution in [1.29, 1.82) is 0 Å². The zero-order valence-electron chi connectivity index (χ0n) is 10.3. The summed E-state index contributed by atoms with van der Waals surface area (Å²) in [6, 6.07) is 0.186. The number of piperidine rings is 1. The Morgan fingerprint density at radius 3 is 2.65 bits per heavy atom. The molecule has 0 radical (unpaired) electrons. The Kier molecular flexibility index (Phi) is 5.52. The highest BCUT2D eigenvalue weighted by Gasteiger charge is 2.24. The summed E-state index contributed by atoms with van der Waals surface area (Å²) in [6.45, 7) is 6.82. The van der Waals surface area contributed by atoms with Crippen LogP contribution >= 0.6 is 0 Å². The monoisotopic (exact) mass is 240 g/mol. The predicted octanol–water partition coefficient (Wildman–Crippen LogP) is 1.30. The molecule has 1 fully saturated rings. The second-order valence-electron chi connectivity index (χ2n) is 4.05. The van der Waals surface area contributed by atoms with E-state index in [4.69, 9.17) is 4.74 Å². The molecule has 17 heavy (non-hydrogen) atoms. The topological polar surface area (TPSA) is 58.6 Å². The van der Waals surface area contributed by atoms with Gasteiger partial charge in [-0.1, -0.05) is 19.6 Å². The van der Waals surface area contributed by atoms with E-state index in [1.807, 2.05) is 6.92 Å². The fourth-order valence-electron chi connectivity index (χ4n) is 1.76. The highest BCUT2D eigenvalue weighted by atomic mass is 16.6. The number of hydrogen-bond acceptors (Lipinski definition) is 3. The Labute approximate surface area is 102 Å². The van der Waals surface area contributed by atoms with Crippen LogP contribution in [-0.4, -0.2) is 42.6 Å². The van der Waals surface area contributed by atoms with E-state index >= 15 is 0 Å². The van der Waals surface area contributed by atoms with Gasteiger partial charge in [0.15, 0.2) is 0 Å². The maximum absolute atomic E-state index is 11.5. The van der Waals surface area contributed by atoms with E-state index in [2.05, 4.69) is 11.9 Å². The Morgan fingerprint density at radius 2 is 2.12 bits per heavy atom. The normalized spacial score (nSPS) is 16.4. The lowest BCUT2D eigenvalue weighted by Gasteiger charge is -2.31. The van der Waals surface area contributed by atoms with Gasteiger partial charge in [-0.25, -0.2) is 4.79 Å². The number of ether oxygens (including phenoxy) is 1. The molecule has 2 amide bonds. The Hall–Kier alpha value is -1.52. The average Bonchev–Trinajstić information content (AvgIpc) is 2.36. The van der Waals surface area contributed by atoms with Crippen LogP contribution in [0.15, 0.2) is 12.7 Å². The minimum Gasteiger partial charge on any atom is -0.445 e. The van der Waals surface area contributed by atoms with Crippen molar-refractivity contribution in [1.82, 2.24) is 10.2 Å². The first-order valence-electron chi connectivity index (χ1n) is 5.99. The summed E-state index contributed by atoms with van der Waals surface area (Å²) in [5.41, 5.74) is 0. The van der Waals surface area contributed by atoms with Crippen molar-refractivity contribution in [2.24, 2.45) is 0 Å². The standard InChI is InChI=1S/C12H20N2O3/c1-3-9-17-12(16)14-7-5-10(6-8-14)13-11(15)4-2/h3,10H,1,4-9H2,2H3,(H,13,15). The first-order chi connectivity index (χ1) is 8.17. The fourth-order valence-corrected chi connectivity index (χ4v) is 1.76. The van der Waals surface area contributed by atoms with Gasteiger partial charge in [0.05, 0.1) is 0 Å². The molecule has 0 aromatic rings. The number of nitrogens with one attached hydrogen (secondary N) is 1. The average molecular weight is 240 g/mol. The lowest BCUT2D eigenvalue weighted by atomic mass is 10.1. The lowest BCUT2D eigenvalue weighted by molar-refractivity contribution is -0.121. The van der Waals surface area contributed by atoms with E-state index in [9.17, 15) is 9.59 Å². The lowest BCUT2D eigenvalue weighted by Crippen LogP contribution is -2.46. The molecule has 0 bridgehead atoms.